The Morgan fingerprint density at radius 3 is 2.58 bits per heavy atom. The van der Waals surface area contributed by atoms with Crippen molar-refractivity contribution in [1.82, 2.24) is 0 Å². The van der Waals surface area contributed by atoms with Crippen molar-refractivity contribution >= 4 is 18.0 Å². The largest absolute Gasteiger partial charge is 0.451 e. The molecule has 0 fully saturated rings. The van der Waals surface area contributed by atoms with Crippen LogP contribution in [-0.2, 0) is 4.74 Å². The lowest BCUT2D eigenvalue weighted by Crippen LogP contribution is -2.36. The van der Waals surface area contributed by atoms with Gasteiger partial charge in [0.15, 0.2) is 6.40 Å². The van der Waals surface area contributed by atoms with Crippen molar-refractivity contribution in [3.8, 4) is 0 Å². The molecule has 106 valence electrons. The fourth-order valence-corrected chi connectivity index (χ4v) is 2.34. The lowest BCUT2D eigenvalue weighted by atomic mass is 9.98. The molecule has 2 N–H and O–H groups in total. The summed E-state index contributed by atoms with van der Waals surface area (Å²) < 4.78 is 5.09. The van der Waals surface area contributed by atoms with Gasteiger partial charge in [-0.25, -0.2) is 0 Å². The first-order valence-electron chi connectivity index (χ1n) is 6.72. The van der Waals surface area contributed by atoms with Gasteiger partial charge in [0, 0.05) is 6.42 Å². The van der Waals surface area contributed by atoms with Gasteiger partial charge in [0.1, 0.15) is 5.38 Å². The van der Waals surface area contributed by atoms with Crippen molar-refractivity contribution in [2.75, 3.05) is 0 Å². The Hall–Kier alpha value is -1.06. The van der Waals surface area contributed by atoms with E-state index < -0.39 is 11.2 Å². The maximum atomic E-state index is 10.5. The Morgan fingerprint density at radius 2 is 2.00 bits per heavy atom. The van der Waals surface area contributed by atoms with Crippen LogP contribution in [0.1, 0.15) is 50.0 Å². The van der Waals surface area contributed by atoms with Gasteiger partial charge < -0.3 is 9.84 Å². The molecular formula is C15H22ClNO2. The second-order valence-electron chi connectivity index (χ2n) is 4.66. The van der Waals surface area contributed by atoms with Crippen molar-refractivity contribution in [2.45, 2.75) is 50.2 Å². The molecule has 0 aliphatic heterocycles. The number of aliphatic hydroxyl groups is 1. The molecule has 2 unspecified atom stereocenters. The van der Waals surface area contributed by atoms with Crippen LogP contribution in [0, 0.1) is 5.41 Å². The number of hydrogen-bond acceptors (Lipinski definition) is 3. The molecule has 0 aliphatic carbocycles. The van der Waals surface area contributed by atoms with Gasteiger partial charge in [-0.1, -0.05) is 56.5 Å². The second kappa shape index (κ2) is 8.18. The van der Waals surface area contributed by atoms with Crippen LogP contribution in [0.15, 0.2) is 30.3 Å². The molecule has 1 aromatic carbocycles. The highest BCUT2D eigenvalue weighted by molar-refractivity contribution is 6.21. The molecule has 2 atom stereocenters. The van der Waals surface area contributed by atoms with E-state index in [2.05, 4.69) is 6.92 Å². The average molecular weight is 284 g/mol. The van der Waals surface area contributed by atoms with E-state index in [0.29, 0.717) is 6.42 Å². The summed E-state index contributed by atoms with van der Waals surface area (Å²) in [4.78, 5) is 0. The molecule has 3 nitrogen and oxygen atoms in total. The average Bonchev–Trinajstić information content (AvgIpc) is 2.44. The number of benzene rings is 1. The van der Waals surface area contributed by atoms with Gasteiger partial charge in [-0.3, -0.25) is 5.41 Å². The van der Waals surface area contributed by atoms with Crippen LogP contribution in [0.5, 0.6) is 0 Å². The summed E-state index contributed by atoms with van der Waals surface area (Å²) in [7, 11) is 0. The normalized spacial score (nSPS) is 15.5. The summed E-state index contributed by atoms with van der Waals surface area (Å²) >= 11 is 6.33. The molecule has 0 bridgehead atoms. The lowest BCUT2D eigenvalue weighted by molar-refractivity contribution is -0.152. The molecule has 0 saturated carbocycles. The van der Waals surface area contributed by atoms with Crippen molar-refractivity contribution in [1.29, 1.82) is 5.41 Å². The number of rotatable bonds is 9. The lowest BCUT2D eigenvalue weighted by Gasteiger charge is -2.31. The summed E-state index contributed by atoms with van der Waals surface area (Å²) in [6.07, 6.45) is 5.29. The number of ether oxygens (including phenoxy) is 1. The zero-order chi connectivity index (χ0) is 14.1. The molecule has 1 aromatic rings. The molecule has 0 spiro atoms. The maximum absolute atomic E-state index is 10.5. The fourth-order valence-electron chi connectivity index (χ4n) is 2.03. The van der Waals surface area contributed by atoms with Crippen LogP contribution in [0.2, 0.25) is 0 Å². The van der Waals surface area contributed by atoms with Gasteiger partial charge in [0.05, 0.1) is 0 Å². The monoisotopic (exact) mass is 283 g/mol. The van der Waals surface area contributed by atoms with E-state index in [1.54, 1.807) is 0 Å². The van der Waals surface area contributed by atoms with Crippen LogP contribution >= 0.6 is 11.6 Å². The summed E-state index contributed by atoms with van der Waals surface area (Å²) in [6, 6.07) is 9.33. The van der Waals surface area contributed by atoms with E-state index in [-0.39, 0.29) is 0 Å². The summed E-state index contributed by atoms with van der Waals surface area (Å²) in [6.45, 7) is 2.13. The molecule has 1 rings (SSSR count). The molecule has 19 heavy (non-hydrogen) atoms. The van der Waals surface area contributed by atoms with Crippen LogP contribution < -0.4 is 0 Å². The van der Waals surface area contributed by atoms with E-state index in [4.69, 9.17) is 21.7 Å². The predicted octanol–water partition coefficient (Wildman–Crippen LogP) is 4.25. The molecular weight excluding hydrogens is 262 g/mol. The standard InChI is InChI=1S/C15H22ClNO2/c1-2-3-4-8-11-15(18,19-12-17)14(16)13-9-6-5-7-10-13/h5-7,9-10,12,14,17-18H,2-4,8,11H2,1H3. The zero-order valence-electron chi connectivity index (χ0n) is 11.3. The van der Waals surface area contributed by atoms with E-state index >= 15 is 0 Å². The predicted molar refractivity (Wildman–Crippen MR) is 78.6 cm³/mol. The number of hydrogen-bond donors (Lipinski definition) is 2. The molecule has 0 amide bonds. The van der Waals surface area contributed by atoms with E-state index in [0.717, 1.165) is 37.6 Å². The molecule has 0 heterocycles. The topological polar surface area (TPSA) is 53.3 Å². The Bertz CT molecular complexity index is 372. The minimum Gasteiger partial charge on any atom is -0.451 e. The minimum absolute atomic E-state index is 0.422. The van der Waals surface area contributed by atoms with Crippen LogP contribution in [0.4, 0.5) is 0 Å². The first-order valence-corrected chi connectivity index (χ1v) is 7.16. The highest BCUT2D eigenvalue weighted by Gasteiger charge is 2.37. The molecule has 4 heteroatoms. The van der Waals surface area contributed by atoms with Crippen molar-refractivity contribution < 1.29 is 9.84 Å². The van der Waals surface area contributed by atoms with Gasteiger partial charge >= 0.3 is 0 Å². The van der Waals surface area contributed by atoms with Gasteiger partial charge in [-0.2, -0.15) is 0 Å². The third-order valence-electron chi connectivity index (χ3n) is 3.14. The van der Waals surface area contributed by atoms with Crippen LogP contribution in [-0.4, -0.2) is 17.3 Å². The Morgan fingerprint density at radius 1 is 1.32 bits per heavy atom. The Kier molecular flexibility index (Phi) is 6.89. The Labute approximate surface area is 120 Å². The molecule has 0 aromatic heterocycles. The first-order chi connectivity index (χ1) is 9.14. The highest BCUT2D eigenvalue weighted by Crippen LogP contribution is 2.36. The summed E-state index contributed by atoms with van der Waals surface area (Å²) in [5.74, 6) is -1.52. The summed E-state index contributed by atoms with van der Waals surface area (Å²) in [5.41, 5.74) is 0.795. The fraction of sp³-hybridized carbons (Fsp3) is 0.533. The molecule has 0 aliphatic rings. The molecule has 0 radical (unpaired) electrons. The quantitative estimate of drug-likeness (QED) is 0.234. The molecule has 0 saturated heterocycles. The van der Waals surface area contributed by atoms with Crippen molar-refractivity contribution in [2.24, 2.45) is 0 Å². The van der Waals surface area contributed by atoms with Crippen molar-refractivity contribution in [3.05, 3.63) is 35.9 Å². The highest BCUT2D eigenvalue weighted by atomic mass is 35.5. The van der Waals surface area contributed by atoms with Gasteiger partial charge in [-0.05, 0) is 12.0 Å². The number of unbranched alkanes of at least 4 members (excludes halogenated alkanes) is 3. The summed E-state index contributed by atoms with van der Waals surface area (Å²) in [5, 5.41) is 16.9. The van der Waals surface area contributed by atoms with Gasteiger partial charge in [-0.15, -0.1) is 11.6 Å². The van der Waals surface area contributed by atoms with E-state index in [1.807, 2.05) is 30.3 Å². The van der Waals surface area contributed by atoms with Gasteiger partial charge in [0.25, 0.3) is 0 Å². The number of halogens is 1. The van der Waals surface area contributed by atoms with E-state index in [9.17, 15) is 5.11 Å². The van der Waals surface area contributed by atoms with E-state index in [1.165, 1.54) is 0 Å². The minimum atomic E-state index is -1.52. The third kappa shape index (κ3) is 4.84. The number of alkyl halides is 1. The van der Waals surface area contributed by atoms with Crippen molar-refractivity contribution in [3.63, 3.8) is 0 Å². The second-order valence-corrected chi connectivity index (χ2v) is 5.10. The third-order valence-corrected chi connectivity index (χ3v) is 3.73. The maximum Gasteiger partial charge on any atom is 0.229 e. The first kappa shape index (κ1) is 16.0. The number of nitrogens with one attached hydrogen (secondary N) is 1. The van der Waals surface area contributed by atoms with Crippen LogP contribution in [0.3, 0.4) is 0 Å². The zero-order valence-corrected chi connectivity index (χ0v) is 12.1. The smallest absolute Gasteiger partial charge is 0.229 e. The SMILES string of the molecule is CCCCCCC(O)(OC=N)C(Cl)c1ccccc1. The van der Waals surface area contributed by atoms with Crippen LogP contribution in [0.25, 0.3) is 0 Å². The van der Waals surface area contributed by atoms with Gasteiger partial charge in [0.2, 0.25) is 5.79 Å². The Balaban J connectivity index is 2.71.